The van der Waals surface area contributed by atoms with Crippen molar-refractivity contribution >= 4 is 0 Å². The molecule has 1 aromatic rings. The fourth-order valence-electron chi connectivity index (χ4n) is 2.20. The molecule has 2 heterocycles. The summed E-state index contributed by atoms with van der Waals surface area (Å²) < 4.78 is 6.47. The second-order valence-corrected chi connectivity index (χ2v) is 4.75. The Morgan fingerprint density at radius 1 is 1.67 bits per heavy atom. The summed E-state index contributed by atoms with van der Waals surface area (Å²) >= 11 is 0. The molecule has 1 aliphatic rings. The number of nitrogens with zero attached hydrogens (tertiary/aromatic N) is 4. The van der Waals surface area contributed by atoms with Crippen LogP contribution in [0.15, 0.2) is 20.9 Å². The number of aliphatic hydroxyl groups is 2. The van der Waals surface area contributed by atoms with Crippen LogP contribution in [-0.2, 0) is 4.74 Å². The molecule has 114 valence electrons. The van der Waals surface area contributed by atoms with Crippen LogP contribution in [0.1, 0.15) is 31.2 Å². The Kier molecular flexibility index (Phi) is 4.43. The quantitative estimate of drug-likeness (QED) is 0.390. The second kappa shape index (κ2) is 6.10. The predicted molar refractivity (Wildman–Crippen MR) is 70.5 cm³/mol. The van der Waals surface area contributed by atoms with E-state index in [-0.39, 0.29) is 18.6 Å². The zero-order chi connectivity index (χ0) is 15.6. The summed E-state index contributed by atoms with van der Waals surface area (Å²) in [5, 5.41) is 22.1. The number of hydrogen-bond acceptors (Lipinski definition) is 6. The van der Waals surface area contributed by atoms with Gasteiger partial charge in [-0.15, -0.1) is 0 Å². The van der Waals surface area contributed by atoms with Gasteiger partial charge in [0.25, 0.3) is 5.56 Å². The molecule has 2 rings (SSSR count). The molecule has 1 fully saturated rings. The molecule has 1 aliphatic heterocycles. The number of nitrogens with one attached hydrogen (secondary N) is 1. The Balaban J connectivity index is 2.41. The average molecular weight is 297 g/mol. The van der Waals surface area contributed by atoms with Gasteiger partial charge >= 0.3 is 5.69 Å². The number of H-pyrrole nitrogens is 1. The van der Waals surface area contributed by atoms with E-state index in [0.29, 0.717) is 0 Å². The fraction of sp³-hybridized carbons (Fsp3) is 0.636. The highest BCUT2D eigenvalue weighted by molar-refractivity contribution is 5.10. The van der Waals surface area contributed by atoms with Crippen LogP contribution in [0, 0.1) is 0 Å². The minimum absolute atomic E-state index is 0.104. The smallest absolute Gasteiger partial charge is 0.330 e. The molecule has 0 bridgehead atoms. The third-order valence-corrected chi connectivity index (χ3v) is 3.36. The minimum Gasteiger partial charge on any atom is -0.394 e. The van der Waals surface area contributed by atoms with Gasteiger partial charge in [0.15, 0.2) is 0 Å². The van der Waals surface area contributed by atoms with E-state index < -0.39 is 35.7 Å². The average Bonchev–Trinajstić information content (AvgIpc) is 2.80. The van der Waals surface area contributed by atoms with Crippen LogP contribution in [0.25, 0.3) is 10.4 Å². The number of ether oxygens (including phenoxy) is 1. The third-order valence-electron chi connectivity index (χ3n) is 3.36. The van der Waals surface area contributed by atoms with E-state index in [1.54, 1.807) is 0 Å². The van der Waals surface area contributed by atoms with E-state index in [4.69, 9.17) is 15.4 Å². The van der Waals surface area contributed by atoms with Gasteiger partial charge in [0.2, 0.25) is 0 Å². The van der Waals surface area contributed by atoms with Gasteiger partial charge in [0, 0.05) is 23.1 Å². The van der Waals surface area contributed by atoms with Crippen molar-refractivity contribution in [3.05, 3.63) is 43.0 Å². The topological polar surface area (TPSA) is 153 Å². The van der Waals surface area contributed by atoms with Crippen LogP contribution in [0.3, 0.4) is 0 Å². The largest absolute Gasteiger partial charge is 0.394 e. The van der Waals surface area contributed by atoms with E-state index in [9.17, 15) is 14.7 Å². The van der Waals surface area contributed by atoms with E-state index in [1.807, 2.05) is 0 Å². The lowest BCUT2D eigenvalue weighted by molar-refractivity contribution is -0.0460. The molecule has 0 amide bonds. The Bertz CT molecular complexity index is 676. The van der Waals surface area contributed by atoms with Crippen LogP contribution in [0.5, 0.6) is 0 Å². The molecule has 10 heteroatoms. The van der Waals surface area contributed by atoms with Crippen LogP contribution in [0.2, 0.25) is 0 Å². The molecule has 0 aliphatic carbocycles. The van der Waals surface area contributed by atoms with Crippen molar-refractivity contribution in [1.29, 1.82) is 0 Å². The van der Waals surface area contributed by atoms with Gasteiger partial charge in [-0.1, -0.05) is 12.0 Å². The van der Waals surface area contributed by atoms with Crippen molar-refractivity contribution in [2.75, 3.05) is 6.61 Å². The molecule has 4 atom stereocenters. The molecule has 3 N–H and O–H groups in total. The Morgan fingerprint density at radius 3 is 2.95 bits per heavy atom. The summed E-state index contributed by atoms with van der Waals surface area (Å²) in [5.41, 5.74) is 7.18. The van der Waals surface area contributed by atoms with Gasteiger partial charge in [-0.3, -0.25) is 14.3 Å². The highest BCUT2D eigenvalue weighted by atomic mass is 16.5. The first kappa shape index (κ1) is 15.3. The summed E-state index contributed by atoms with van der Waals surface area (Å²) in [7, 11) is 0. The standard InChI is InChI=1S/C11H15N5O5/c1-5(14-15-12)6-3-16(11(20)13-10(6)19)9-2-7(18)8(4-17)21-9/h3,5,7-9,17-18H,2,4H2,1H3,(H,13,19,20). The number of aromatic amines is 1. The second-order valence-electron chi connectivity index (χ2n) is 4.75. The van der Waals surface area contributed by atoms with E-state index >= 15 is 0 Å². The van der Waals surface area contributed by atoms with Gasteiger partial charge in [-0.25, -0.2) is 4.79 Å². The molecule has 0 spiro atoms. The Morgan fingerprint density at radius 2 is 2.38 bits per heavy atom. The Hall–Kier alpha value is -2.13. The molecular weight excluding hydrogens is 282 g/mol. The van der Waals surface area contributed by atoms with Crippen molar-refractivity contribution in [1.82, 2.24) is 9.55 Å². The van der Waals surface area contributed by atoms with Crippen molar-refractivity contribution in [2.24, 2.45) is 5.11 Å². The number of hydrogen-bond donors (Lipinski definition) is 3. The van der Waals surface area contributed by atoms with Crippen molar-refractivity contribution in [2.45, 2.75) is 37.8 Å². The molecule has 21 heavy (non-hydrogen) atoms. The first-order chi connectivity index (χ1) is 9.97. The summed E-state index contributed by atoms with van der Waals surface area (Å²) in [6.45, 7) is 1.14. The van der Waals surface area contributed by atoms with Gasteiger partial charge in [0.05, 0.1) is 18.8 Å². The lowest BCUT2D eigenvalue weighted by atomic mass is 10.2. The summed E-state index contributed by atoms with van der Waals surface area (Å²) in [6, 6.07) is -0.759. The molecule has 1 aromatic heterocycles. The van der Waals surface area contributed by atoms with E-state index in [1.165, 1.54) is 13.1 Å². The number of aromatic nitrogens is 2. The SMILES string of the molecule is CC(N=[N+]=[N-])c1cn(C2CC(O)C(CO)O2)c(=O)[nH]c1=O. The molecule has 0 aromatic carbocycles. The highest BCUT2D eigenvalue weighted by Gasteiger charge is 2.35. The van der Waals surface area contributed by atoms with Crippen molar-refractivity contribution in [3.63, 3.8) is 0 Å². The molecule has 0 saturated carbocycles. The van der Waals surface area contributed by atoms with Gasteiger partial charge in [-0.05, 0) is 5.53 Å². The third kappa shape index (κ3) is 2.98. The summed E-state index contributed by atoms with van der Waals surface area (Å²) in [5.74, 6) is 0. The zero-order valence-corrected chi connectivity index (χ0v) is 11.2. The van der Waals surface area contributed by atoms with Crippen molar-refractivity contribution < 1.29 is 14.9 Å². The molecule has 4 unspecified atom stereocenters. The van der Waals surface area contributed by atoms with Gasteiger partial charge in [-0.2, -0.15) is 0 Å². The monoisotopic (exact) mass is 297 g/mol. The number of azide groups is 1. The zero-order valence-electron chi connectivity index (χ0n) is 11.2. The molecule has 0 radical (unpaired) electrons. The maximum Gasteiger partial charge on any atom is 0.330 e. The van der Waals surface area contributed by atoms with Crippen molar-refractivity contribution in [3.8, 4) is 0 Å². The summed E-state index contributed by atoms with van der Waals surface area (Å²) in [4.78, 5) is 28.3. The molecular formula is C11H15N5O5. The highest BCUT2D eigenvalue weighted by Crippen LogP contribution is 2.27. The van der Waals surface area contributed by atoms with Crippen LogP contribution in [0.4, 0.5) is 0 Å². The van der Waals surface area contributed by atoms with Gasteiger partial charge in [0.1, 0.15) is 12.3 Å². The first-order valence-electron chi connectivity index (χ1n) is 6.32. The maximum atomic E-state index is 11.8. The Labute approximate surface area is 118 Å². The van der Waals surface area contributed by atoms with E-state index in [0.717, 1.165) is 4.57 Å². The van der Waals surface area contributed by atoms with Crippen LogP contribution >= 0.6 is 0 Å². The lowest BCUT2D eigenvalue weighted by Gasteiger charge is -2.16. The van der Waals surface area contributed by atoms with Crippen LogP contribution < -0.4 is 11.2 Å². The van der Waals surface area contributed by atoms with E-state index in [2.05, 4.69) is 15.0 Å². The fourth-order valence-corrected chi connectivity index (χ4v) is 2.20. The normalized spacial score (nSPS) is 26.3. The molecule has 1 saturated heterocycles. The summed E-state index contributed by atoms with van der Waals surface area (Å²) in [6.07, 6.45) is -1.15. The first-order valence-corrected chi connectivity index (χ1v) is 6.32. The predicted octanol–water partition coefficient (Wildman–Crippen LogP) is -0.451. The molecule has 10 nitrogen and oxygen atoms in total. The minimum atomic E-state index is -0.906. The van der Waals surface area contributed by atoms with Crippen LogP contribution in [-0.4, -0.2) is 38.6 Å². The number of rotatable bonds is 4. The van der Waals surface area contributed by atoms with Gasteiger partial charge < -0.3 is 14.9 Å². The maximum absolute atomic E-state index is 11.8. The number of aliphatic hydroxyl groups excluding tert-OH is 2. The lowest BCUT2D eigenvalue weighted by Crippen LogP contribution is -2.34.